The highest BCUT2D eigenvalue weighted by molar-refractivity contribution is 5.80. The fourth-order valence-electron chi connectivity index (χ4n) is 3.57. The van der Waals surface area contributed by atoms with E-state index in [1.807, 2.05) is 6.07 Å². The zero-order chi connectivity index (χ0) is 19.7. The minimum Gasteiger partial charge on any atom is -0.355 e. The zero-order valence-corrected chi connectivity index (χ0v) is 17.0. The third-order valence-electron chi connectivity index (χ3n) is 5.49. The molecule has 146 valence electrons. The molecule has 0 unspecified atom stereocenters. The van der Waals surface area contributed by atoms with Crippen LogP contribution in [0.4, 0.5) is 0 Å². The molecule has 2 aromatic carbocycles. The number of nitrogens with one attached hydrogen (secondary N) is 1. The monoisotopic (exact) mass is 375 g/mol. The lowest BCUT2D eigenvalue weighted by atomic mass is 9.87. The smallest absolute Gasteiger partial charge is 0.223 e. The van der Waals surface area contributed by atoms with Gasteiger partial charge in [0.25, 0.3) is 0 Å². The van der Waals surface area contributed by atoms with Crippen LogP contribution in [0.2, 0.25) is 0 Å². The van der Waals surface area contributed by atoms with E-state index >= 15 is 0 Å². The summed E-state index contributed by atoms with van der Waals surface area (Å²) in [5.41, 5.74) is 4.92. The van der Waals surface area contributed by atoms with Gasteiger partial charge in [-0.15, -0.1) is 0 Å². The minimum absolute atomic E-state index is 0.158. The predicted octanol–water partition coefficient (Wildman–Crippen LogP) is 4.45. The van der Waals surface area contributed by atoms with Gasteiger partial charge in [-0.1, -0.05) is 57.2 Å². The topological polar surface area (TPSA) is 46.9 Å². The lowest BCUT2D eigenvalue weighted by molar-refractivity contribution is -0.122. The maximum absolute atomic E-state index is 11.9. The van der Waals surface area contributed by atoms with Crippen LogP contribution in [-0.4, -0.2) is 22.0 Å². The van der Waals surface area contributed by atoms with Gasteiger partial charge < -0.3 is 9.88 Å². The van der Waals surface area contributed by atoms with E-state index in [4.69, 9.17) is 4.98 Å². The van der Waals surface area contributed by atoms with E-state index in [-0.39, 0.29) is 17.2 Å². The van der Waals surface area contributed by atoms with Crippen molar-refractivity contribution in [2.75, 3.05) is 6.54 Å². The van der Waals surface area contributed by atoms with Crippen molar-refractivity contribution in [1.29, 1.82) is 0 Å². The molecule has 1 fully saturated rings. The molecule has 0 bridgehead atoms. The van der Waals surface area contributed by atoms with Gasteiger partial charge in [0.2, 0.25) is 5.91 Å². The summed E-state index contributed by atoms with van der Waals surface area (Å²) in [6.45, 7) is 8.14. The van der Waals surface area contributed by atoms with Crippen LogP contribution in [0.25, 0.3) is 11.0 Å². The van der Waals surface area contributed by atoms with Gasteiger partial charge in [-0.3, -0.25) is 4.79 Å². The van der Waals surface area contributed by atoms with Crippen LogP contribution >= 0.6 is 0 Å². The van der Waals surface area contributed by atoms with Gasteiger partial charge in [-0.25, -0.2) is 4.98 Å². The van der Waals surface area contributed by atoms with E-state index in [1.165, 1.54) is 11.1 Å². The Morgan fingerprint density at radius 2 is 1.82 bits per heavy atom. The Bertz CT molecular complexity index is 975. The molecule has 4 nitrogen and oxygen atoms in total. The number of hydrogen-bond donors (Lipinski definition) is 1. The molecule has 3 aromatic rings. The molecule has 0 radical (unpaired) electrons. The number of nitrogens with zero attached hydrogens (tertiary/aromatic N) is 2. The van der Waals surface area contributed by atoms with E-state index in [0.29, 0.717) is 6.54 Å². The molecule has 1 N–H and O–H groups in total. The first-order valence-electron chi connectivity index (χ1n) is 10.2. The van der Waals surface area contributed by atoms with Gasteiger partial charge in [-0.2, -0.15) is 0 Å². The Labute approximate surface area is 167 Å². The maximum atomic E-state index is 11.9. The standard InChI is InChI=1S/C24H29N3O/c1-24(2,3)19-12-8-17(9-13-19)16-27-21-7-5-4-6-20(21)26-22(27)14-15-25-23(28)18-10-11-18/h4-9,12-13,18H,10-11,14-16H2,1-3H3,(H,25,28). The molecule has 0 spiro atoms. The maximum Gasteiger partial charge on any atom is 0.223 e. The first-order chi connectivity index (χ1) is 13.4. The molecular weight excluding hydrogens is 346 g/mol. The van der Waals surface area contributed by atoms with Crippen LogP contribution in [0.3, 0.4) is 0 Å². The molecule has 4 rings (SSSR count). The van der Waals surface area contributed by atoms with Crippen LogP contribution in [-0.2, 0) is 23.2 Å². The third kappa shape index (κ3) is 4.11. The van der Waals surface area contributed by atoms with E-state index in [2.05, 4.69) is 73.1 Å². The van der Waals surface area contributed by atoms with E-state index in [0.717, 1.165) is 42.7 Å². The molecule has 0 saturated heterocycles. The summed E-state index contributed by atoms with van der Waals surface area (Å²) in [4.78, 5) is 16.8. The van der Waals surface area contributed by atoms with Crippen molar-refractivity contribution >= 4 is 16.9 Å². The second-order valence-electron chi connectivity index (χ2n) is 8.87. The van der Waals surface area contributed by atoms with Crippen LogP contribution < -0.4 is 5.32 Å². The molecule has 4 heteroatoms. The van der Waals surface area contributed by atoms with Gasteiger partial charge in [0, 0.05) is 25.4 Å². The molecule has 1 saturated carbocycles. The van der Waals surface area contributed by atoms with E-state index in [1.54, 1.807) is 0 Å². The summed E-state index contributed by atoms with van der Waals surface area (Å²) in [5, 5.41) is 3.06. The summed E-state index contributed by atoms with van der Waals surface area (Å²) >= 11 is 0. The number of benzene rings is 2. The second kappa shape index (κ2) is 7.42. The molecule has 0 atom stereocenters. The van der Waals surface area contributed by atoms with Crippen LogP contribution in [0.5, 0.6) is 0 Å². The lowest BCUT2D eigenvalue weighted by Gasteiger charge is -2.19. The molecule has 1 amide bonds. The highest BCUT2D eigenvalue weighted by Crippen LogP contribution is 2.28. The summed E-state index contributed by atoms with van der Waals surface area (Å²) in [5.74, 6) is 1.47. The van der Waals surface area contributed by atoms with Crippen LogP contribution in [0.1, 0.15) is 50.6 Å². The van der Waals surface area contributed by atoms with Crippen molar-refractivity contribution in [3.05, 3.63) is 65.5 Å². The van der Waals surface area contributed by atoms with Gasteiger partial charge in [0.1, 0.15) is 5.82 Å². The Morgan fingerprint density at radius 3 is 2.50 bits per heavy atom. The zero-order valence-electron chi connectivity index (χ0n) is 17.0. The number of para-hydroxylation sites is 2. The second-order valence-corrected chi connectivity index (χ2v) is 8.87. The average Bonchev–Trinajstić information content (AvgIpc) is 3.46. The molecule has 1 aliphatic rings. The van der Waals surface area contributed by atoms with Gasteiger partial charge >= 0.3 is 0 Å². The van der Waals surface area contributed by atoms with E-state index in [9.17, 15) is 4.79 Å². The number of carbonyl (C=O) groups excluding carboxylic acids is 1. The number of rotatable bonds is 6. The fraction of sp³-hybridized carbons (Fsp3) is 0.417. The molecule has 0 aliphatic heterocycles. The largest absolute Gasteiger partial charge is 0.355 e. The third-order valence-corrected chi connectivity index (χ3v) is 5.49. The highest BCUT2D eigenvalue weighted by atomic mass is 16.2. The quantitative estimate of drug-likeness (QED) is 0.692. The first-order valence-corrected chi connectivity index (χ1v) is 10.2. The van der Waals surface area contributed by atoms with Crippen molar-refractivity contribution in [3.8, 4) is 0 Å². The van der Waals surface area contributed by atoms with Crippen LogP contribution in [0.15, 0.2) is 48.5 Å². The van der Waals surface area contributed by atoms with Gasteiger partial charge in [0.15, 0.2) is 0 Å². The normalized spacial score (nSPS) is 14.4. The SMILES string of the molecule is CC(C)(C)c1ccc(Cn2c(CCNC(=O)C3CC3)nc3ccccc32)cc1. The van der Waals surface area contributed by atoms with Gasteiger partial charge in [0.05, 0.1) is 11.0 Å². The number of imidazole rings is 1. The fourth-order valence-corrected chi connectivity index (χ4v) is 3.57. The molecular formula is C24H29N3O. The Kier molecular flexibility index (Phi) is 4.96. The van der Waals surface area contributed by atoms with Gasteiger partial charge in [-0.05, 0) is 41.5 Å². The highest BCUT2D eigenvalue weighted by Gasteiger charge is 2.29. The molecule has 1 heterocycles. The Morgan fingerprint density at radius 1 is 1.11 bits per heavy atom. The van der Waals surface area contributed by atoms with Crippen molar-refractivity contribution in [2.24, 2.45) is 5.92 Å². The average molecular weight is 376 g/mol. The first kappa shape index (κ1) is 18.7. The number of hydrogen-bond acceptors (Lipinski definition) is 2. The summed E-state index contributed by atoms with van der Waals surface area (Å²) in [6.07, 6.45) is 2.82. The number of aromatic nitrogens is 2. The molecule has 1 aliphatic carbocycles. The summed E-state index contributed by atoms with van der Waals surface area (Å²) in [6, 6.07) is 17.1. The lowest BCUT2D eigenvalue weighted by Crippen LogP contribution is -2.27. The van der Waals surface area contributed by atoms with E-state index < -0.39 is 0 Å². The Hall–Kier alpha value is -2.62. The number of carbonyl (C=O) groups is 1. The van der Waals surface area contributed by atoms with Crippen LogP contribution in [0, 0.1) is 5.92 Å². The predicted molar refractivity (Wildman–Crippen MR) is 113 cm³/mol. The van der Waals surface area contributed by atoms with Crippen molar-refractivity contribution in [1.82, 2.24) is 14.9 Å². The Balaban J connectivity index is 1.55. The molecule has 28 heavy (non-hydrogen) atoms. The summed E-state index contributed by atoms with van der Waals surface area (Å²) in [7, 11) is 0. The van der Waals surface area contributed by atoms with Crippen molar-refractivity contribution < 1.29 is 4.79 Å². The van der Waals surface area contributed by atoms with Crippen molar-refractivity contribution in [3.63, 3.8) is 0 Å². The molecule has 1 aromatic heterocycles. The summed E-state index contributed by atoms with van der Waals surface area (Å²) < 4.78 is 2.28. The minimum atomic E-state index is 0.158. The van der Waals surface area contributed by atoms with Crippen molar-refractivity contribution in [2.45, 2.75) is 52.0 Å². The number of amides is 1. The number of fused-ring (bicyclic) bond motifs is 1.